The normalized spacial score (nSPS) is 11.7. The van der Waals surface area contributed by atoms with Crippen molar-refractivity contribution >= 4 is 11.8 Å². The molecular formula is C20H46N6+2. The first-order valence-corrected chi connectivity index (χ1v) is 10.8. The van der Waals surface area contributed by atoms with Crippen LogP contribution in [0.2, 0.25) is 0 Å². The number of rotatable bonds is 19. The lowest BCUT2D eigenvalue weighted by atomic mass is 10.1. The Morgan fingerprint density at radius 1 is 0.615 bits per heavy atom. The Hall–Kier alpha value is -1.30. The van der Waals surface area contributed by atoms with E-state index in [4.69, 9.17) is 17.2 Å². The second-order valence-corrected chi connectivity index (χ2v) is 7.18. The quantitative estimate of drug-likeness (QED) is 0.104. The Morgan fingerprint density at radius 3 is 1.50 bits per heavy atom. The summed E-state index contributed by atoms with van der Waals surface area (Å²) < 4.78 is 0. The molecule has 0 aliphatic carbocycles. The number of nitrogens with two attached hydrogens (primary N) is 3. The van der Waals surface area contributed by atoms with E-state index in [1.807, 2.05) is 0 Å². The van der Waals surface area contributed by atoms with Crippen molar-refractivity contribution in [2.75, 3.05) is 26.2 Å². The van der Waals surface area contributed by atoms with Gasteiger partial charge in [0.2, 0.25) is 5.84 Å². The Labute approximate surface area is 161 Å². The molecule has 0 heterocycles. The molecule has 0 aromatic carbocycles. The molecule has 0 rings (SSSR count). The summed E-state index contributed by atoms with van der Waals surface area (Å²) in [5.74, 6) is 1.25. The van der Waals surface area contributed by atoms with Crippen LogP contribution in [0.3, 0.4) is 0 Å². The van der Waals surface area contributed by atoms with E-state index in [1.165, 1.54) is 83.7 Å². The zero-order valence-corrected chi connectivity index (χ0v) is 17.3. The number of unbranched alkanes of at least 4 members (excludes halogenated alkanes) is 10. The van der Waals surface area contributed by atoms with Gasteiger partial charge in [0.25, 0.3) is 0 Å². The lowest BCUT2D eigenvalue weighted by molar-refractivity contribution is -0.460. The van der Waals surface area contributed by atoms with Crippen molar-refractivity contribution in [2.45, 2.75) is 90.4 Å². The van der Waals surface area contributed by atoms with Gasteiger partial charge in [-0.25, -0.2) is 0 Å². The first-order valence-electron chi connectivity index (χ1n) is 10.8. The minimum Gasteiger partial charge on any atom is -0.317 e. The molecule has 0 atom stereocenters. The summed E-state index contributed by atoms with van der Waals surface area (Å²) in [6, 6.07) is 0. The highest BCUT2D eigenvalue weighted by atomic mass is 15.0. The SMILES string of the molecule is CCC(N)=[NH+]CCCCCCCCNCCCCCCCC[NH+]=C(N)N. The van der Waals surface area contributed by atoms with Crippen molar-refractivity contribution in [3.63, 3.8) is 0 Å². The Morgan fingerprint density at radius 2 is 1.04 bits per heavy atom. The molecule has 0 unspecified atom stereocenters. The first kappa shape index (κ1) is 24.7. The third-order valence-electron chi connectivity index (χ3n) is 4.62. The molecule has 9 N–H and O–H groups in total. The predicted octanol–water partition coefficient (Wildman–Crippen LogP) is -0.541. The average molecular weight is 371 g/mol. The van der Waals surface area contributed by atoms with Gasteiger partial charge in [0.05, 0.1) is 13.1 Å². The van der Waals surface area contributed by atoms with Gasteiger partial charge in [0, 0.05) is 6.42 Å². The molecule has 0 aromatic rings. The van der Waals surface area contributed by atoms with Gasteiger partial charge in [0.15, 0.2) is 0 Å². The molecule has 0 saturated carbocycles. The summed E-state index contributed by atoms with van der Waals surface area (Å²) in [5, 5.41) is 3.57. The van der Waals surface area contributed by atoms with Gasteiger partial charge in [-0.05, 0) is 45.2 Å². The van der Waals surface area contributed by atoms with E-state index in [2.05, 4.69) is 22.2 Å². The van der Waals surface area contributed by atoms with Crippen LogP contribution in [0, 0.1) is 0 Å². The van der Waals surface area contributed by atoms with E-state index >= 15 is 0 Å². The van der Waals surface area contributed by atoms with Gasteiger partial charge < -0.3 is 5.32 Å². The van der Waals surface area contributed by atoms with Crippen LogP contribution in [0.4, 0.5) is 0 Å². The highest BCUT2D eigenvalue weighted by molar-refractivity contribution is 5.73. The van der Waals surface area contributed by atoms with Crippen molar-refractivity contribution in [1.82, 2.24) is 5.32 Å². The minimum absolute atomic E-state index is 0.333. The highest BCUT2D eigenvalue weighted by Gasteiger charge is 1.95. The van der Waals surface area contributed by atoms with E-state index < -0.39 is 0 Å². The van der Waals surface area contributed by atoms with E-state index in [0.717, 1.165) is 31.8 Å². The van der Waals surface area contributed by atoms with Crippen LogP contribution in [-0.2, 0) is 0 Å². The van der Waals surface area contributed by atoms with Gasteiger partial charge in [-0.2, -0.15) is 0 Å². The summed E-state index contributed by atoms with van der Waals surface area (Å²) in [5.41, 5.74) is 16.4. The van der Waals surface area contributed by atoms with E-state index in [0.29, 0.717) is 5.96 Å². The predicted molar refractivity (Wildman–Crippen MR) is 113 cm³/mol. The summed E-state index contributed by atoms with van der Waals surface area (Å²) in [7, 11) is 0. The molecule has 26 heavy (non-hydrogen) atoms. The second kappa shape index (κ2) is 20.0. The number of guanidine groups is 1. The molecule has 0 saturated heterocycles. The highest BCUT2D eigenvalue weighted by Crippen LogP contribution is 2.05. The molecule has 154 valence electrons. The van der Waals surface area contributed by atoms with Gasteiger partial charge >= 0.3 is 5.96 Å². The second-order valence-electron chi connectivity index (χ2n) is 7.18. The van der Waals surface area contributed by atoms with Crippen LogP contribution < -0.4 is 32.5 Å². The van der Waals surface area contributed by atoms with E-state index in [9.17, 15) is 0 Å². The first-order chi connectivity index (χ1) is 12.7. The topological polar surface area (TPSA) is 118 Å². The van der Waals surface area contributed by atoms with Crippen molar-refractivity contribution in [3.8, 4) is 0 Å². The summed E-state index contributed by atoms with van der Waals surface area (Å²) in [6.45, 7) is 6.34. The van der Waals surface area contributed by atoms with Crippen molar-refractivity contribution in [3.05, 3.63) is 0 Å². The van der Waals surface area contributed by atoms with Crippen LogP contribution in [0.15, 0.2) is 0 Å². The van der Waals surface area contributed by atoms with Crippen molar-refractivity contribution < 1.29 is 9.98 Å². The third kappa shape index (κ3) is 20.7. The third-order valence-corrected chi connectivity index (χ3v) is 4.62. The number of hydrogen-bond acceptors (Lipinski definition) is 1. The molecule has 0 spiro atoms. The lowest BCUT2D eigenvalue weighted by Gasteiger charge is -2.05. The lowest BCUT2D eigenvalue weighted by Crippen LogP contribution is -2.78. The van der Waals surface area contributed by atoms with Gasteiger partial charge in [-0.3, -0.25) is 27.2 Å². The number of hydrogen-bond donors (Lipinski definition) is 6. The van der Waals surface area contributed by atoms with Crippen LogP contribution in [0.5, 0.6) is 0 Å². The number of amidine groups is 1. The van der Waals surface area contributed by atoms with Crippen molar-refractivity contribution in [2.24, 2.45) is 17.2 Å². The Bertz CT molecular complexity index is 350. The van der Waals surface area contributed by atoms with Gasteiger partial charge in [-0.1, -0.05) is 51.9 Å². The van der Waals surface area contributed by atoms with Crippen LogP contribution in [-0.4, -0.2) is 38.0 Å². The summed E-state index contributed by atoms with van der Waals surface area (Å²) >= 11 is 0. The van der Waals surface area contributed by atoms with Crippen LogP contribution in [0.25, 0.3) is 0 Å². The van der Waals surface area contributed by atoms with Crippen LogP contribution >= 0.6 is 0 Å². The monoisotopic (exact) mass is 370 g/mol. The molecular weight excluding hydrogens is 324 g/mol. The van der Waals surface area contributed by atoms with E-state index in [1.54, 1.807) is 0 Å². The van der Waals surface area contributed by atoms with Crippen molar-refractivity contribution in [1.29, 1.82) is 0 Å². The fourth-order valence-electron chi connectivity index (χ4n) is 2.90. The fourth-order valence-corrected chi connectivity index (χ4v) is 2.90. The Kier molecular flexibility index (Phi) is 19.0. The fraction of sp³-hybridized carbons (Fsp3) is 0.900. The molecule has 0 aliphatic rings. The standard InChI is InChI=1S/C20H44N6/c1-2-19(21)25-17-13-9-5-3-7-11-15-24-16-12-8-4-6-10-14-18-26-20(22)23/h24H,2-18H2,1H3,(H2,21,25)(H4,22,23,26)/p+2. The molecule has 0 amide bonds. The zero-order valence-electron chi connectivity index (χ0n) is 17.3. The van der Waals surface area contributed by atoms with Crippen LogP contribution in [0.1, 0.15) is 90.4 Å². The molecule has 0 aromatic heterocycles. The minimum atomic E-state index is 0.333. The molecule has 0 radical (unpaired) electrons. The summed E-state index contributed by atoms with van der Waals surface area (Å²) in [4.78, 5) is 6.22. The Balaban J connectivity index is 3.08. The molecule has 0 bridgehead atoms. The summed E-state index contributed by atoms with van der Waals surface area (Å²) in [6.07, 6.45) is 16.5. The van der Waals surface area contributed by atoms with E-state index in [-0.39, 0.29) is 0 Å². The largest absolute Gasteiger partial charge is 0.338 e. The zero-order chi connectivity index (χ0) is 19.3. The molecule has 0 aliphatic heterocycles. The maximum absolute atomic E-state index is 5.74. The van der Waals surface area contributed by atoms with Gasteiger partial charge in [0.1, 0.15) is 0 Å². The number of nitrogens with one attached hydrogen (secondary N) is 3. The molecule has 0 fully saturated rings. The smallest absolute Gasteiger partial charge is 0.317 e. The molecule has 6 nitrogen and oxygen atoms in total. The molecule has 6 heteroatoms. The maximum Gasteiger partial charge on any atom is 0.338 e. The van der Waals surface area contributed by atoms with Gasteiger partial charge in [-0.15, -0.1) is 0 Å². The maximum atomic E-state index is 5.74. The average Bonchev–Trinajstić information content (AvgIpc) is 2.63.